The molecule has 1 aromatic carbocycles. The monoisotopic (exact) mass is 387 g/mol. The largest absolute Gasteiger partial charge is 0.229 e. The second-order valence-electron chi connectivity index (χ2n) is 5.22. The molecule has 0 N–H and O–H groups in total. The topological polar surface area (TPSA) is 56.5 Å². The molecule has 0 saturated heterocycles. The molecule has 4 rings (SSSR count). The number of hydrogen-bond donors (Lipinski definition) is 0. The first-order chi connectivity index (χ1) is 12.2. The Morgan fingerprint density at radius 2 is 1.76 bits per heavy atom. The molecule has 0 radical (unpaired) electrons. The minimum Gasteiger partial charge on any atom is -0.229 e. The molecule has 0 aliphatic heterocycles. The second-order valence-corrected chi connectivity index (χ2v) is 6.96. The summed E-state index contributed by atoms with van der Waals surface area (Å²) >= 11 is 13.5. The summed E-state index contributed by atoms with van der Waals surface area (Å²) in [5.74, 6) is 0.671. The first-order valence-electron chi connectivity index (χ1n) is 7.39. The molecule has 0 unspecified atom stereocenters. The number of aromatic nitrogens is 5. The van der Waals surface area contributed by atoms with Gasteiger partial charge in [-0.25, -0.2) is 19.6 Å². The zero-order valence-corrected chi connectivity index (χ0v) is 15.1. The van der Waals surface area contributed by atoms with Crippen LogP contribution in [0.2, 0.25) is 10.3 Å². The summed E-state index contributed by atoms with van der Waals surface area (Å²) in [6, 6.07) is 13.5. The van der Waals surface area contributed by atoms with Gasteiger partial charge in [0.05, 0.1) is 17.3 Å². The van der Waals surface area contributed by atoms with Gasteiger partial charge in [-0.15, -0.1) is 11.8 Å². The number of hydrogen-bond acceptors (Lipinski definition) is 5. The van der Waals surface area contributed by atoms with Gasteiger partial charge in [-0.2, -0.15) is 5.10 Å². The predicted octanol–water partition coefficient (Wildman–Crippen LogP) is 4.81. The molecular formula is C17H11Cl2N5S. The summed E-state index contributed by atoms with van der Waals surface area (Å²) in [4.78, 5) is 12.7. The summed E-state index contributed by atoms with van der Waals surface area (Å²) < 4.78 is 1.81. The van der Waals surface area contributed by atoms with Crippen LogP contribution < -0.4 is 0 Å². The van der Waals surface area contributed by atoms with Gasteiger partial charge in [0.15, 0.2) is 5.65 Å². The van der Waals surface area contributed by atoms with Crippen LogP contribution >= 0.6 is 35.0 Å². The van der Waals surface area contributed by atoms with E-state index in [2.05, 4.69) is 20.1 Å². The zero-order valence-electron chi connectivity index (χ0n) is 12.8. The van der Waals surface area contributed by atoms with Gasteiger partial charge in [-0.3, -0.25) is 0 Å². The Morgan fingerprint density at radius 3 is 2.52 bits per heavy atom. The third kappa shape index (κ3) is 3.46. The fourth-order valence-corrected chi connectivity index (χ4v) is 3.84. The molecule has 0 aliphatic rings. The molecule has 3 heterocycles. The normalized spacial score (nSPS) is 11.1. The van der Waals surface area contributed by atoms with Crippen molar-refractivity contribution in [2.75, 3.05) is 0 Å². The molecule has 124 valence electrons. The Labute approximate surface area is 158 Å². The van der Waals surface area contributed by atoms with Crippen LogP contribution in [0, 0.1) is 0 Å². The Hall–Kier alpha value is -2.15. The van der Waals surface area contributed by atoms with E-state index in [1.807, 2.05) is 30.3 Å². The van der Waals surface area contributed by atoms with Crippen LogP contribution in [0.15, 0.2) is 60.0 Å². The van der Waals surface area contributed by atoms with E-state index in [-0.39, 0.29) is 0 Å². The van der Waals surface area contributed by atoms with Crippen molar-refractivity contribution in [2.24, 2.45) is 0 Å². The van der Waals surface area contributed by atoms with Crippen LogP contribution in [-0.4, -0.2) is 24.7 Å². The van der Waals surface area contributed by atoms with Crippen LogP contribution in [0.3, 0.4) is 0 Å². The van der Waals surface area contributed by atoms with E-state index in [1.165, 1.54) is 0 Å². The summed E-state index contributed by atoms with van der Waals surface area (Å²) in [6.07, 6.45) is 3.34. The predicted molar refractivity (Wildman–Crippen MR) is 100 cm³/mol. The van der Waals surface area contributed by atoms with Crippen molar-refractivity contribution in [1.82, 2.24) is 24.7 Å². The van der Waals surface area contributed by atoms with E-state index in [4.69, 9.17) is 23.2 Å². The number of rotatable bonds is 4. The van der Waals surface area contributed by atoms with Crippen LogP contribution in [0.25, 0.3) is 16.7 Å². The Morgan fingerprint density at radius 1 is 1.00 bits per heavy atom. The third-order valence-electron chi connectivity index (χ3n) is 3.53. The van der Waals surface area contributed by atoms with Crippen LogP contribution in [0.5, 0.6) is 0 Å². The Balaban J connectivity index is 1.66. The van der Waals surface area contributed by atoms with Crippen molar-refractivity contribution >= 4 is 46.0 Å². The van der Waals surface area contributed by atoms with Crippen molar-refractivity contribution in [3.8, 4) is 5.69 Å². The van der Waals surface area contributed by atoms with Gasteiger partial charge in [0.2, 0.25) is 0 Å². The highest BCUT2D eigenvalue weighted by molar-refractivity contribution is 7.98. The summed E-state index contributed by atoms with van der Waals surface area (Å²) in [5.41, 5.74) is 2.71. The first kappa shape index (κ1) is 16.3. The zero-order chi connectivity index (χ0) is 17.2. The van der Waals surface area contributed by atoms with Gasteiger partial charge in [0.1, 0.15) is 21.7 Å². The summed E-state index contributed by atoms with van der Waals surface area (Å²) in [5, 5.41) is 6.99. The molecule has 0 aliphatic carbocycles. The SMILES string of the molecule is Clc1cc(CSc2ncnc3c2cnn3-c2ccccc2)cc(Cl)n1. The maximum atomic E-state index is 5.95. The average molecular weight is 388 g/mol. The fraction of sp³-hybridized carbons (Fsp3) is 0.0588. The maximum Gasteiger partial charge on any atom is 0.167 e. The van der Waals surface area contributed by atoms with E-state index in [9.17, 15) is 0 Å². The number of halogens is 2. The summed E-state index contributed by atoms with van der Waals surface area (Å²) in [6.45, 7) is 0. The van der Waals surface area contributed by atoms with Gasteiger partial charge in [0, 0.05) is 5.75 Å². The van der Waals surface area contributed by atoms with Crippen LogP contribution in [0.1, 0.15) is 5.56 Å². The third-order valence-corrected chi connectivity index (χ3v) is 4.99. The second kappa shape index (κ2) is 7.00. The van der Waals surface area contributed by atoms with E-state index < -0.39 is 0 Å². The number of benzene rings is 1. The van der Waals surface area contributed by atoms with Crippen LogP contribution in [-0.2, 0) is 5.75 Å². The number of fused-ring (bicyclic) bond motifs is 1. The van der Waals surface area contributed by atoms with E-state index in [0.29, 0.717) is 16.1 Å². The average Bonchev–Trinajstić information content (AvgIpc) is 3.04. The van der Waals surface area contributed by atoms with Gasteiger partial charge >= 0.3 is 0 Å². The standard InChI is InChI=1S/C17H11Cl2N5S/c18-14-6-11(7-15(19)23-14)9-25-17-13-8-22-24(16(13)20-10-21-17)12-4-2-1-3-5-12/h1-8,10H,9H2. The molecule has 8 heteroatoms. The quantitative estimate of drug-likeness (QED) is 0.285. The van der Waals surface area contributed by atoms with Crippen molar-refractivity contribution < 1.29 is 0 Å². The molecule has 0 saturated carbocycles. The molecule has 0 amide bonds. The highest BCUT2D eigenvalue weighted by atomic mass is 35.5. The van der Waals surface area contributed by atoms with Gasteiger partial charge in [-0.05, 0) is 29.8 Å². The highest BCUT2D eigenvalue weighted by Gasteiger charge is 2.12. The van der Waals surface area contributed by atoms with E-state index in [1.54, 1.807) is 41.1 Å². The minimum atomic E-state index is 0.382. The van der Waals surface area contributed by atoms with Crippen molar-refractivity contribution in [3.63, 3.8) is 0 Å². The number of thioether (sulfide) groups is 1. The Kier molecular flexibility index (Phi) is 4.57. The highest BCUT2D eigenvalue weighted by Crippen LogP contribution is 2.29. The molecular weight excluding hydrogens is 377 g/mol. The molecule has 0 spiro atoms. The van der Waals surface area contributed by atoms with Crippen LogP contribution in [0.4, 0.5) is 0 Å². The molecule has 0 bridgehead atoms. The lowest BCUT2D eigenvalue weighted by Crippen LogP contribution is -1.97. The lowest BCUT2D eigenvalue weighted by atomic mass is 10.3. The lowest BCUT2D eigenvalue weighted by Gasteiger charge is -2.05. The minimum absolute atomic E-state index is 0.382. The maximum absolute atomic E-state index is 5.95. The summed E-state index contributed by atoms with van der Waals surface area (Å²) in [7, 11) is 0. The molecule has 25 heavy (non-hydrogen) atoms. The smallest absolute Gasteiger partial charge is 0.167 e. The number of pyridine rings is 1. The molecule has 0 atom stereocenters. The lowest BCUT2D eigenvalue weighted by molar-refractivity contribution is 0.893. The fourth-order valence-electron chi connectivity index (χ4n) is 2.45. The molecule has 5 nitrogen and oxygen atoms in total. The van der Waals surface area contributed by atoms with E-state index in [0.717, 1.165) is 27.3 Å². The molecule has 4 aromatic rings. The van der Waals surface area contributed by atoms with Gasteiger partial charge in [0.25, 0.3) is 0 Å². The first-order valence-corrected chi connectivity index (χ1v) is 9.14. The van der Waals surface area contributed by atoms with Gasteiger partial charge in [-0.1, -0.05) is 41.4 Å². The van der Waals surface area contributed by atoms with Crippen molar-refractivity contribution in [2.45, 2.75) is 10.8 Å². The molecule has 3 aromatic heterocycles. The molecule has 0 fully saturated rings. The Bertz CT molecular complexity index is 1020. The van der Waals surface area contributed by atoms with Crippen molar-refractivity contribution in [3.05, 3.63) is 70.9 Å². The number of nitrogens with zero attached hydrogens (tertiary/aromatic N) is 5. The van der Waals surface area contributed by atoms with Gasteiger partial charge < -0.3 is 0 Å². The number of para-hydroxylation sites is 1. The van der Waals surface area contributed by atoms with Crippen molar-refractivity contribution in [1.29, 1.82) is 0 Å². The van der Waals surface area contributed by atoms with E-state index >= 15 is 0 Å².